The fraction of sp³-hybridized carbons (Fsp3) is 0.750. The summed E-state index contributed by atoms with van der Waals surface area (Å²) in [5, 5.41) is 10.9. The van der Waals surface area contributed by atoms with Crippen molar-refractivity contribution in [1.29, 1.82) is 0 Å². The maximum Gasteiger partial charge on any atom is 0.233 e. The van der Waals surface area contributed by atoms with Gasteiger partial charge >= 0.3 is 0 Å². The van der Waals surface area contributed by atoms with Crippen molar-refractivity contribution in [2.75, 3.05) is 5.75 Å². The zero-order valence-electron chi connectivity index (χ0n) is 6.31. The molecule has 0 aliphatic rings. The quantitative estimate of drug-likeness (QED) is 0.618. The molecule has 0 saturated heterocycles. The lowest BCUT2D eigenvalue weighted by molar-refractivity contribution is 0.607. The monoisotopic (exact) mass is 210 g/mol. The minimum Gasteiger partial charge on any atom is -0.212 e. The average Bonchev–Trinajstić information content (AvgIpc) is 2.30. The van der Waals surface area contributed by atoms with Crippen molar-refractivity contribution < 1.29 is 8.42 Å². The minimum absolute atomic E-state index is 0.166. The summed E-state index contributed by atoms with van der Waals surface area (Å²) in [6.07, 6.45) is 0.194. The predicted octanol–water partition coefficient (Wildman–Crippen LogP) is -0.679. The van der Waals surface area contributed by atoms with Crippen molar-refractivity contribution in [2.45, 2.75) is 6.42 Å². The molecule has 0 aromatic carbocycles. The number of hydrogen-bond donors (Lipinski definition) is 0. The van der Waals surface area contributed by atoms with Crippen LogP contribution < -0.4 is 0 Å². The van der Waals surface area contributed by atoms with E-state index in [4.69, 9.17) is 10.7 Å². The van der Waals surface area contributed by atoms with Crippen molar-refractivity contribution in [2.24, 2.45) is 7.05 Å². The summed E-state index contributed by atoms with van der Waals surface area (Å²) in [7, 11) is 3.12. The fourth-order valence-corrected chi connectivity index (χ4v) is 1.29. The minimum atomic E-state index is -3.46. The molecule has 1 heterocycles. The summed E-state index contributed by atoms with van der Waals surface area (Å²) >= 11 is 0. The van der Waals surface area contributed by atoms with Gasteiger partial charge in [0.25, 0.3) is 0 Å². The number of aryl methyl sites for hydroxylation is 2. The zero-order valence-corrected chi connectivity index (χ0v) is 7.88. The Morgan fingerprint density at radius 3 is 2.67 bits per heavy atom. The molecular weight excluding hydrogens is 204 g/mol. The summed E-state index contributed by atoms with van der Waals surface area (Å²) < 4.78 is 21.0. The highest BCUT2D eigenvalue weighted by Gasteiger charge is 2.08. The lowest BCUT2D eigenvalue weighted by Crippen LogP contribution is -2.03. The second-order valence-corrected chi connectivity index (χ2v) is 5.08. The van der Waals surface area contributed by atoms with Gasteiger partial charge in [-0.15, -0.1) is 10.2 Å². The SMILES string of the molecule is Cn1nnc(CCS(=O)(=O)Cl)n1. The molecule has 0 fully saturated rings. The van der Waals surface area contributed by atoms with E-state index in [0.29, 0.717) is 5.82 Å². The summed E-state index contributed by atoms with van der Waals surface area (Å²) in [5.41, 5.74) is 0. The van der Waals surface area contributed by atoms with Gasteiger partial charge in [0.05, 0.1) is 12.8 Å². The van der Waals surface area contributed by atoms with Crippen molar-refractivity contribution in [3.05, 3.63) is 5.82 Å². The molecule has 0 bridgehead atoms. The van der Waals surface area contributed by atoms with E-state index in [-0.39, 0.29) is 12.2 Å². The van der Waals surface area contributed by atoms with Crippen LogP contribution in [0.3, 0.4) is 0 Å². The van der Waals surface area contributed by atoms with Gasteiger partial charge in [-0.2, -0.15) is 4.80 Å². The Morgan fingerprint density at radius 1 is 1.58 bits per heavy atom. The lowest BCUT2D eigenvalue weighted by atomic mass is 10.5. The van der Waals surface area contributed by atoms with Gasteiger partial charge in [-0.3, -0.25) is 0 Å². The van der Waals surface area contributed by atoms with Gasteiger partial charge in [-0.05, 0) is 5.21 Å². The van der Waals surface area contributed by atoms with Gasteiger partial charge in [-0.25, -0.2) is 8.42 Å². The van der Waals surface area contributed by atoms with Gasteiger partial charge < -0.3 is 0 Å². The van der Waals surface area contributed by atoms with Crippen molar-refractivity contribution in [3.63, 3.8) is 0 Å². The molecule has 0 radical (unpaired) electrons. The molecule has 0 spiro atoms. The zero-order chi connectivity index (χ0) is 9.19. The van der Waals surface area contributed by atoms with E-state index in [1.807, 2.05) is 0 Å². The maximum absolute atomic E-state index is 10.5. The van der Waals surface area contributed by atoms with Crippen LogP contribution in [0.5, 0.6) is 0 Å². The third kappa shape index (κ3) is 3.14. The van der Waals surface area contributed by atoms with Gasteiger partial charge in [0, 0.05) is 17.1 Å². The number of tetrazole rings is 1. The lowest BCUT2D eigenvalue weighted by Gasteiger charge is -1.89. The van der Waals surface area contributed by atoms with E-state index in [0.717, 1.165) is 0 Å². The topological polar surface area (TPSA) is 77.7 Å². The van der Waals surface area contributed by atoms with Crippen molar-refractivity contribution in [1.82, 2.24) is 20.2 Å². The van der Waals surface area contributed by atoms with Crippen LogP contribution in [0.4, 0.5) is 0 Å². The number of rotatable bonds is 3. The number of hydrogen-bond acceptors (Lipinski definition) is 5. The Morgan fingerprint density at radius 2 is 2.25 bits per heavy atom. The molecule has 0 unspecified atom stereocenters. The molecule has 0 atom stereocenters. The van der Waals surface area contributed by atoms with Crippen LogP contribution in [0, 0.1) is 0 Å². The highest BCUT2D eigenvalue weighted by atomic mass is 35.7. The Labute approximate surface area is 73.9 Å². The molecule has 0 saturated carbocycles. The molecule has 1 rings (SSSR count). The van der Waals surface area contributed by atoms with E-state index in [1.54, 1.807) is 7.05 Å². The Hall–Kier alpha value is -0.690. The maximum atomic E-state index is 10.5. The Bertz CT molecular complexity index is 359. The smallest absolute Gasteiger partial charge is 0.212 e. The Balaban J connectivity index is 2.55. The van der Waals surface area contributed by atoms with Crippen LogP contribution in [0.1, 0.15) is 5.82 Å². The normalized spacial score (nSPS) is 11.8. The van der Waals surface area contributed by atoms with Gasteiger partial charge in [0.2, 0.25) is 9.05 Å². The van der Waals surface area contributed by atoms with Gasteiger partial charge in [0.1, 0.15) is 0 Å². The predicted molar refractivity (Wildman–Crippen MR) is 42.1 cm³/mol. The first-order valence-corrected chi connectivity index (χ1v) is 5.60. The first kappa shape index (κ1) is 9.40. The van der Waals surface area contributed by atoms with E-state index in [1.165, 1.54) is 4.80 Å². The van der Waals surface area contributed by atoms with E-state index in [2.05, 4.69) is 15.4 Å². The summed E-state index contributed by atoms with van der Waals surface area (Å²) in [4.78, 5) is 1.26. The summed E-state index contributed by atoms with van der Waals surface area (Å²) in [6, 6.07) is 0. The third-order valence-corrected chi connectivity index (χ3v) is 2.27. The molecule has 68 valence electrons. The summed E-state index contributed by atoms with van der Waals surface area (Å²) in [5.74, 6) is 0.210. The third-order valence-electron chi connectivity index (χ3n) is 1.12. The second kappa shape index (κ2) is 3.36. The second-order valence-electron chi connectivity index (χ2n) is 2.19. The Kier molecular flexibility index (Phi) is 2.63. The highest BCUT2D eigenvalue weighted by Crippen LogP contribution is 1.99. The molecule has 0 aliphatic heterocycles. The molecule has 1 aromatic heterocycles. The van der Waals surface area contributed by atoms with Crippen molar-refractivity contribution in [3.8, 4) is 0 Å². The van der Waals surface area contributed by atoms with Crippen LogP contribution in [0.15, 0.2) is 0 Å². The molecule has 12 heavy (non-hydrogen) atoms. The van der Waals surface area contributed by atoms with Crippen molar-refractivity contribution >= 4 is 19.7 Å². The first-order valence-electron chi connectivity index (χ1n) is 3.12. The van der Waals surface area contributed by atoms with E-state index < -0.39 is 9.05 Å². The molecule has 8 heteroatoms. The van der Waals surface area contributed by atoms with Gasteiger partial charge in [0.15, 0.2) is 5.82 Å². The molecule has 1 aromatic rings. The van der Waals surface area contributed by atoms with Crippen LogP contribution in [0.2, 0.25) is 0 Å². The van der Waals surface area contributed by atoms with E-state index >= 15 is 0 Å². The molecule has 0 N–H and O–H groups in total. The average molecular weight is 211 g/mol. The van der Waals surface area contributed by atoms with Gasteiger partial charge in [-0.1, -0.05) is 0 Å². The van der Waals surface area contributed by atoms with Crippen LogP contribution in [0.25, 0.3) is 0 Å². The molecule has 0 amide bonds. The number of aromatic nitrogens is 4. The molecular formula is C4H7ClN4O2S. The first-order chi connectivity index (χ1) is 5.47. The fourth-order valence-electron chi connectivity index (χ4n) is 0.637. The molecule has 0 aliphatic carbocycles. The van der Waals surface area contributed by atoms with E-state index in [9.17, 15) is 8.42 Å². The van der Waals surface area contributed by atoms with Crippen LogP contribution >= 0.6 is 10.7 Å². The molecule has 6 nitrogen and oxygen atoms in total. The summed E-state index contributed by atoms with van der Waals surface area (Å²) in [6.45, 7) is 0. The number of halogens is 1. The number of nitrogens with zero attached hydrogens (tertiary/aromatic N) is 4. The largest absolute Gasteiger partial charge is 0.233 e. The van der Waals surface area contributed by atoms with Crippen LogP contribution in [-0.2, 0) is 22.5 Å². The van der Waals surface area contributed by atoms with Crippen LogP contribution in [-0.4, -0.2) is 34.4 Å². The standard InChI is InChI=1S/C4H7ClN4O2S/c1-9-7-4(6-8-9)2-3-12(5,10)11/h2-3H2,1H3. The highest BCUT2D eigenvalue weighted by molar-refractivity contribution is 8.13.